The number of carbonyl (C=O) groups excluding carboxylic acids is 1. The van der Waals surface area contributed by atoms with Crippen LogP contribution in [0.25, 0.3) is 16.6 Å². The van der Waals surface area contributed by atoms with Gasteiger partial charge in [0.05, 0.1) is 22.5 Å². The van der Waals surface area contributed by atoms with Crippen LogP contribution < -0.4 is 10.9 Å². The predicted octanol–water partition coefficient (Wildman–Crippen LogP) is 2.97. The Bertz CT molecular complexity index is 1160. The van der Waals surface area contributed by atoms with Gasteiger partial charge >= 0.3 is 0 Å². The Morgan fingerprint density at radius 2 is 1.85 bits per heavy atom. The lowest BCUT2D eigenvalue weighted by atomic mass is 9.94. The molecule has 1 saturated carbocycles. The zero-order chi connectivity index (χ0) is 23.4. The predicted molar refractivity (Wildman–Crippen MR) is 130 cm³/mol. The van der Waals surface area contributed by atoms with Gasteiger partial charge in [-0.2, -0.15) is 10.2 Å². The van der Waals surface area contributed by atoms with Gasteiger partial charge < -0.3 is 10.2 Å². The molecule has 2 heterocycles. The van der Waals surface area contributed by atoms with Crippen molar-refractivity contribution in [3.8, 4) is 5.69 Å². The summed E-state index contributed by atoms with van der Waals surface area (Å²) < 4.78 is 2.98. The Labute approximate surface area is 194 Å². The van der Waals surface area contributed by atoms with Gasteiger partial charge in [0.15, 0.2) is 5.52 Å². The Kier molecular flexibility index (Phi) is 7.23. The fourth-order valence-electron chi connectivity index (χ4n) is 4.86. The highest BCUT2D eigenvalue weighted by molar-refractivity contribution is 5.83. The van der Waals surface area contributed by atoms with E-state index in [0.29, 0.717) is 23.8 Å². The second-order valence-corrected chi connectivity index (χ2v) is 9.08. The molecule has 0 bridgehead atoms. The van der Waals surface area contributed by atoms with Crippen molar-refractivity contribution in [3.05, 3.63) is 52.1 Å². The molecule has 1 N–H and O–H groups in total. The third-order valence-corrected chi connectivity index (χ3v) is 6.69. The molecule has 0 aliphatic heterocycles. The Balaban J connectivity index is 1.39. The minimum absolute atomic E-state index is 0.106. The third kappa shape index (κ3) is 5.16. The van der Waals surface area contributed by atoms with Crippen molar-refractivity contribution in [2.75, 3.05) is 20.1 Å². The van der Waals surface area contributed by atoms with Crippen molar-refractivity contribution in [3.63, 3.8) is 0 Å². The highest BCUT2D eigenvalue weighted by atomic mass is 16.2. The quantitative estimate of drug-likeness (QED) is 0.534. The third-order valence-electron chi connectivity index (χ3n) is 6.69. The maximum Gasteiger partial charge on any atom is 0.295 e. The van der Waals surface area contributed by atoms with Crippen molar-refractivity contribution in [2.45, 2.75) is 65.0 Å². The number of rotatable bonds is 8. The Morgan fingerprint density at radius 1 is 1.12 bits per heavy atom. The number of nitrogens with one attached hydrogen (secondary N) is 1. The van der Waals surface area contributed by atoms with E-state index in [1.165, 1.54) is 36.8 Å². The number of amides is 1. The molecule has 176 valence electrons. The van der Waals surface area contributed by atoms with Crippen LogP contribution in [0.3, 0.4) is 0 Å². The van der Waals surface area contributed by atoms with Crippen molar-refractivity contribution >= 4 is 16.8 Å². The molecule has 1 aromatic carbocycles. The molecule has 8 heteroatoms. The van der Waals surface area contributed by atoms with Crippen LogP contribution in [-0.2, 0) is 11.3 Å². The number of aryl methyl sites for hydroxylation is 2. The standard InChI is InChI=1S/C25H34N6O2/c1-18-23-19(2)31(21-13-8-5-9-14-21)28-24(23)25(33)30(27-18)17-22(32)26-15-10-16-29(3)20-11-6-4-7-12-20/h5,8-9,13-14,20H,4,6-7,10-12,15-17H2,1-3H3,(H,26,32). The Morgan fingerprint density at radius 3 is 2.58 bits per heavy atom. The fraction of sp³-hybridized carbons (Fsp3) is 0.520. The SMILES string of the molecule is Cc1nn(CC(=O)NCCCN(C)C2CCCCC2)c(=O)c2nn(-c3ccccc3)c(C)c12. The fourth-order valence-corrected chi connectivity index (χ4v) is 4.86. The second-order valence-electron chi connectivity index (χ2n) is 9.08. The summed E-state index contributed by atoms with van der Waals surface area (Å²) in [6.07, 6.45) is 7.43. The average molecular weight is 451 g/mol. The molecule has 8 nitrogen and oxygen atoms in total. The molecule has 2 aromatic heterocycles. The molecule has 1 aliphatic carbocycles. The van der Waals surface area contributed by atoms with Crippen molar-refractivity contribution in [2.24, 2.45) is 0 Å². The summed E-state index contributed by atoms with van der Waals surface area (Å²) in [6.45, 7) is 5.22. The zero-order valence-electron chi connectivity index (χ0n) is 19.9. The number of carbonyl (C=O) groups is 1. The lowest BCUT2D eigenvalue weighted by molar-refractivity contribution is -0.121. The van der Waals surface area contributed by atoms with Gasteiger partial charge in [0.2, 0.25) is 5.91 Å². The van der Waals surface area contributed by atoms with Crippen LogP contribution in [0.1, 0.15) is 49.9 Å². The summed E-state index contributed by atoms with van der Waals surface area (Å²) in [4.78, 5) is 28.0. The van der Waals surface area contributed by atoms with E-state index in [2.05, 4.69) is 27.5 Å². The zero-order valence-corrected chi connectivity index (χ0v) is 19.9. The van der Waals surface area contributed by atoms with Crippen LogP contribution in [0.15, 0.2) is 35.1 Å². The molecule has 1 aliphatic rings. The van der Waals surface area contributed by atoms with Crippen LogP contribution >= 0.6 is 0 Å². The van der Waals surface area contributed by atoms with Gasteiger partial charge in [0.1, 0.15) is 6.54 Å². The molecule has 1 fully saturated rings. The van der Waals surface area contributed by atoms with Gasteiger partial charge in [-0.15, -0.1) is 0 Å². The molecule has 4 rings (SSSR count). The summed E-state index contributed by atoms with van der Waals surface area (Å²) in [7, 11) is 2.18. The maximum absolute atomic E-state index is 13.0. The van der Waals surface area contributed by atoms with Gasteiger partial charge in [-0.1, -0.05) is 37.5 Å². The van der Waals surface area contributed by atoms with Gasteiger partial charge in [0, 0.05) is 12.6 Å². The van der Waals surface area contributed by atoms with E-state index in [1.54, 1.807) is 4.68 Å². The minimum atomic E-state index is -0.347. The molecular formula is C25H34N6O2. The van der Waals surface area contributed by atoms with Crippen LogP contribution in [-0.4, -0.2) is 56.5 Å². The van der Waals surface area contributed by atoms with E-state index < -0.39 is 0 Å². The molecule has 0 radical (unpaired) electrons. The largest absolute Gasteiger partial charge is 0.354 e. The summed E-state index contributed by atoms with van der Waals surface area (Å²) in [5.74, 6) is -0.206. The lowest BCUT2D eigenvalue weighted by Crippen LogP contribution is -2.37. The highest BCUT2D eigenvalue weighted by Gasteiger charge is 2.19. The molecule has 3 aromatic rings. The first-order valence-electron chi connectivity index (χ1n) is 11.9. The van der Waals surface area contributed by atoms with E-state index in [9.17, 15) is 9.59 Å². The molecule has 1 amide bonds. The number of fused-ring (bicyclic) bond motifs is 1. The second kappa shape index (κ2) is 10.3. The molecule has 0 atom stereocenters. The van der Waals surface area contributed by atoms with E-state index >= 15 is 0 Å². The van der Waals surface area contributed by atoms with Crippen LogP contribution in [0.2, 0.25) is 0 Å². The van der Waals surface area contributed by atoms with Gasteiger partial charge in [-0.25, -0.2) is 9.36 Å². The molecule has 0 unspecified atom stereocenters. The Hall–Kier alpha value is -3.00. The topological polar surface area (TPSA) is 85.1 Å². The molecule has 0 saturated heterocycles. The number of nitrogens with zero attached hydrogens (tertiary/aromatic N) is 5. The van der Waals surface area contributed by atoms with Crippen LogP contribution in [0.5, 0.6) is 0 Å². The van der Waals surface area contributed by atoms with E-state index in [1.807, 2.05) is 44.2 Å². The molecule has 0 spiro atoms. The monoisotopic (exact) mass is 450 g/mol. The maximum atomic E-state index is 13.0. The van der Waals surface area contributed by atoms with Crippen molar-refractivity contribution < 1.29 is 4.79 Å². The first-order valence-corrected chi connectivity index (χ1v) is 11.9. The van der Waals surface area contributed by atoms with Gasteiger partial charge in [-0.3, -0.25) is 9.59 Å². The number of benzene rings is 1. The van der Waals surface area contributed by atoms with E-state index in [4.69, 9.17) is 0 Å². The van der Waals surface area contributed by atoms with Crippen LogP contribution in [0, 0.1) is 13.8 Å². The first kappa shape index (κ1) is 23.2. The van der Waals surface area contributed by atoms with E-state index in [-0.39, 0.29) is 18.0 Å². The number of hydrogen-bond donors (Lipinski definition) is 1. The average Bonchev–Trinajstić information content (AvgIpc) is 3.19. The van der Waals surface area contributed by atoms with Crippen molar-refractivity contribution in [1.82, 2.24) is 29.8 Å². The molecular weight excluding hydrogens is 416 g/mol. The highest BCUT2D eigenvalue weighted by Crippen LogP contribution is 2.22. The summed E-state index contributed by atoms with van der Waals surface area (Å²) in [5.41, 5.74) is 2.42. The summed E-state index contributed by atoms with van der Waals surface area (Å²) >= 11 is 0. The molecule has 33 heavy (non-hydrogen) atoms. The smallest absolute Gasteiger partial charge is 0.295 e. The van der Waals surface area contributed by atoms with Crippen molar-refractivity contribution in [1.29, 1.82) is 0 Å². The number of para-hydroxylation sites is 1. The summed E-state index contributed by atoms with van der Waals surface area (Å²) in [5, 5.41) is 12.6. The minimum Gasteiger partial charge on any atom is -0.354 e. The van der Waals surface area contributed by atoms with Gasteiger partial charge in [-0.05, 0) is 58.8 Å². The first-order chi connectivity index (χ1) is 16.0. The van der Waals surface area contributed by atoms with Gasteiger partial charge in [0.25, 0.3) is 5.56 Å². The summed E-state index contributed by atoms with van der Waals surface area (Å²) in [6, 6.07) is 10.4. The number of hydrogen-bond acceptors (Lipinski definition) is 5. The lowest BCUT2D eigenvalue weighted by Gasteiger charge is -2.31. The van der Waals surface area contributed by atoms with Crippen LogP contribution in [0.4, 0.5) is 0 Å². The van der Waals surface area contributed by atoms with E-state index in [0.717, 1.165) is 29.7 Å². The normalized spacial score (nSPS) is 14.8. The number of aromatic nitrogens is 4.